The number of hydrogen-bond acceptors (Lipinski definition) is 4. The molecule has 0 bridgehead atoms. The lowest BCUT2D eigenvalue weighted by Crippen LogP contribution is -2.21. The van der Waals surface area contributed by atoms with Gasteiger partial charge in [0.05, 0.1) is 5.75 Å². The van der Waals surface area contributed by atoms with Gasteiger partial charge < -0.3 is 10.3 Å². The lowest BCUT2D eigenvalue weighted by atomic mass is 10.2. The van der Waals surface area contributed by atoms with Gasteiger partial charge in [0.15, 0.2) is 5.16 Å². The number of amides is 1. The number of thioether (sulfide) groups is 1. The number of H-pyrrole nitrogens is 1. The number of benzene rings is 2. The second-order valence-electron chi connectivity index (χ2n) is 6.45. The number of carbonyl (C=O) groups is 1. The van der Waals surface area contributed by atoms with Crippen LogP contribution in [-0.4, -0.2) is 26.2 Å². The molecule has 2 aromatic carbocycles. The molecule has 0 spiro atoms. The highest BCUT2D eigenvalue weighted by molar-refractivity contribution is 7.99. The van der Waals surface area contributed by atoms with E-state index in [4.69, 9.17) is 11.6 Å². The standard InChI is InChI=1S/C20H17ClN4O2S/c1-11-7-8-12(9-14(11)21)22-16(26)10-28-20-24-17-13-5-3-4-6-15(13)23-18(17)19(27)25(20)2/h3-9,23H,10H2,1-2H3,(H,22,26). The van der Waals surface area contributed by atoms with Crippen LogP contribution in [0.25, 0.3) is 21.9 Å². The molecule has 0 aliphatic heterocycles. The van der Waals surface area contributed by atoms with Crippen LogP contribution in [-0.2, 0) is 11.8 Å². The van der Waals surface area contributed by atoms with Crippen LogP contribution in [0.5, 0.6) is 0 Å². The number of aromatic nitrogens is 3. The minimum atomic E-state index is -0.196. The highest BCUT2D eigenvalue weighted by Crippen LogP contribution is 2.24. The number of fused-ring (bicyclic) bond motifs is 3. The van der Waals surface area contributed by atoms with E-state index in [0.29, 0.717) is 26.9 Å². The minimum absolute atomic E-state index is 0.125. The molecular weight excluding hydrogens is 396 g/mol. The van der Waals surface area contributed by atoms with Crippen molar-refractivity contribution in [3.8, 4) is 0 Å². The number of nitrogens with one attached hydrogen (secondary N) is 2. The van der Waals surface area contributed by atoms with E-state index in [1.807, 2.05) is 37.3 Å². The van der Waals surface area contributed by atoms with E-state index in [2.05, 4.69) is 15.3 Å². The number of halogens is 1. The Bertz CT molecular complexity index is 1280. The van der Waals surface area contributed by atoms with Crippen LogP contribution < -0.4 is 10.9 Å². The summed E-state index contributed by atoms with van der Waals surface area (Å²) in [5.41, 5.74) is 3.35. The van der Waals surface area contributed by atoms with Gasteiger partial charge in [-0.25, -0.2) is 4.98 Å². The first-order valence-corrected chi connectivity index (χ1v) is 9.96. The van der Waals surface area contributed by atoms with Gasteiger partial charge >= 0.3 is 0 Å². The van der Waals surface area contributed by atoms with Crippen LogP contribution in [0.4, 0.5) is 5.69 Å². The number of nitrogens with zero attached hydrogens (tertiary/aromatic N) is 2. The average molecular weight is 413 g/mol. The molecule has 0 aliphatic carbocycles. The smallest absolute Gasteiger partial charge is 0.278 e. The SMILES string of the molecule is Cc1ccc(NC(=O)CSc2nc3c([nH]c4ccccc43)c(=O)n2C)cc1Cl. The third kappa shape index (κ3) is 3.39. The maximum Gasteiger partial charge on any atom is 0.278 e. The maximum atomic E-state index is 12.7. The molecule has 4 rings (SSSR count). The predicted molar refractivity (Wildman–Crippen MR) is 114 cm³/mol. The van der Waals surface area contributed by atoms with Crippen molar-refractivity contribution in [3.63, 3.8) is 0 Å². The largest absolute Gasteiger partial charge is 0.349 e. The number of anilines is 1. The fraction of sp³-hybridized carbons (Fsp3) is 0.150. The molecular formula is C20H17ClN4O2S. The fourth-order valence-corrected chi connectivity index (χ4v) is 3.90. The molecule has 0 saturated heterocycles. The van der Waals surface area contributed by atoms with Gasteiger partial charge in [0.2, 0.25) is 5.91 Å². The lowest BCUT2D eigenvalue weighted by Gasteiger charge is -2.09. The Morgan fingerprint density at radius 3 is 2.86 bits per heavy atom. The molecule has 0 atom stereocenters. The summed E-state index contributed by atoms with van der Waals surface area (Å²) >= 11 is 7.31. The summed E-state index contributed by atoms with van der Waals surface area (Å²) < 4.78 is 1.46. The first-order valence-electron chi connectivity index (χ1n) is 8.60. The van der Waals surface area contributed by atoms with Crippen molar-refractivity contribution in [2.75, 3.05) is 11.1 Å². The van der Waals surface area contributed by atoms with Crippen LogP contribution in [0.1, 0.15) is 5.56 Å². The molecule has 142 valence electrons. The summed E-state index contributed by atoms with van der Waals surface area (Å²) in [5.74, 6) is -0.0715. The topological polar surface area (TPSA) is 79.8 Å². The quantitative estimate of drug-likeness (QED) is 0.390. The Hall–Kier alpha value is -2.77. The first kappa shape index (κ1) is 18.6. The second kappa shape index (κ2) is 7.33. The van der Waals surface area contributed by atoms with Crippen LogP contribution >= 0.6 is 23.4 Å². The average Bonchev–Trinajstić information content (AvgIpc) is 3.05. The normalized spacial score (nSPS) is 11.2. The molecule has 0 unspecified atom stereocenters. The van der Waals surface area contributed by atoms with Gasteiger partial charge in [-0.1, -0.05) is 47.6 Å². The van der Waals surface area contributed by atoms with Crippen LogP contribution in [0.15, 0.2) is 52.4 Å². The van der Waals surface area contributed by atoms with E-state index < -0.39 is 0 Å². The molecule has 0 saturated carbocycles. The summed E-state index contributed by atoms with van der Waals surface area (Å²) in [6.45, 7) is 1.90. The van der Waals surface area contributed by atoms with Crippen LogP contribution in [0.3, 0.4) is 0 Å². The number of rotatable bonds is 4. The molecule has 6 nitrogen and oxygen atoms in total. The molecule has 28 heavy (non-hydrogen) atoms. The molecule has 4 aromatic rings. The maximum absolute atomic E-state index is 12.7. The molecule has 2 N–H and O–H groups in total. The van der Waals surface area contributed by atoms with E-state index in [9.17, 15) is 9.59 Å². The summed E-state index contributed by atoms with van der Waals surface area (Å²) in [7, 11) is 1.65. The van der Waals surface area contributed by atoms with Crippen molar-refractivity contribution in [1.82, 2.24) is 14.5 Å². The summed E-state index contributed by atoms with van der Waals surface area (Å²) in [6.07, 6.45) is 0. The van der Waals surface area contributed by atoms with Gasteiger partial charge in [-0.3, -0.25) is 14.2 Å². The van der Waals surface area contributed by atoms with Crippen molar-refractivity contribution in [1.29, 1.82) is 0 Å². The van der Waals surface area contributed by atoms with Crippen molar-refractivity contribution in [2.45, 2.75) is 12.1 Å². The zero-order valence-corrected chi connectivity index (χ0v) is 16.8. The monoisotopic (exact) mass is 412 g/mol. The lowest BCUT2D eigenvalue weighted by molar-refractivity contribution is -0.113. The Morgan fingerprint density at radius 2 is 2.07 bits per heavy atom. The highest BCUT2D eigenvalue weighted by atomic mass is 35.5. The van der Waals surface area contributed by atoms with Crippen LogP contribution in [0, 0.1) is 6.92 Å². The third-order valence-corrected chi connectivity index (χ3v) is 5.92. The van der Waals surface area contributed by atoms with E-state index >= 15 is 0 Å². The van der Waals surface area contributed by atoms with Gasteiger partial charge in [0, 0.05) is 28.7 Å². The number of para-hydroxylation sites is 1. The van der Waals surface area contributed by atoms with Crippen LogP contribution in [0.2, 0.25) is 5.02 Å². The Morgan fingerprint density at radius 1 is 1.29 bits per heavy atom. The van der Waals surface area contributed by atoms with E-state index in [0.717, 1.165) is 16.5 Å². The van der Waals surface area contributed by atoms with Crippen molar-refractivity contribution in [3.05, 3.63) is 63.4 Å². The molecule has 1 amide bonds. The van der Waals surface area contributed by atoms with Gasteiger partial charge in [0.1, 0.15) is 11.0 Å². The molecule has 2 heterocycles. The molecule has 2 aromatic heterocycles. The predicted octanol–water partition coefficient (Wildman–Crippen LogP) is 4.11. The van der Waals surface area contributed by atoms with Crippen molar-refractivity contribution >= 4 is 56.9 Å². The van der Waals surface area contributed by atoms with E-state index in [1.54, 1.807) is 19.2 Å². The summed E-state index contributed by atoms with van der Waals surface area (Å²) in [5, 5.41) is 4.78. The Balaban J connectivity index is 1.58. The third-order valence-electron chi connectivity index (χ3n) is 4.48. The van der Waals surface area contributed by atoms with E-state index in [-0.39, 0.29) is 17.2 Å². The van der Waals surface area contributed by atoms with Gasteiger partial charge in [-0.05, 0) is 30.7 Å². The number of hydrogen-bond donors (Lipinski definition) is 2. The minimum Gasteiger partial charge on any atom is -0.349 e. The molecule has 0 fully saturated rings. The van der Waals surface area contributed by atoms with E-state index in [1.165, 1.54) is 16.3 Å². The second-order valence-corrected chi connectivity index (χ2v) is 7.80. The van der Waals surface area contributed by atoms with Crippen molar-refractivity contribution in [2.24, 2.45) is 7.05 Å². The zero-order chi connectivity index (χ0) is 19.8. The number of carbonyl (C=O) groups excluding carboxylic acids is 1. The first-order chi connectivity index (χ1) is 13.4. The highest BCUT2D eigenvalue weighted by Gasteiger charge is 2.15. The van der Waals surface area contributed by atoms with Crippen molar-refractivity contribution < 1.29 is 4.79 Å². The Labute approximate surface area is 169 Å². The molecule has 0 radical (unpaired) electrons. The number of aromatic amines is 1. The fourth-order valence-electron chi connectivity index (χ4n) is 2.95. The Kier molecular flexibility index (Phi) is 4.87. The molecule has 8 heteroatoms. The summed E-state index contributed by atoms with van der Waals surface area (Å²) in [4.78, 5) is 32.7. The number of aryl methyl sites for hydroxylation is 1. The zero-order valence-electron chi connectivity index (χ0n) is 15.2. The molecule has 0 aliphatic rings. The van der Waals surface area contributed by atoms with Gasteiger partial charge in [0.25, 0.3) is 5.56 Å². The van der Waals surface area contributed by atoms with Gasteiger partial charge in [-0.15, -0.1) is 0 Å². The van der Waals surface area contributed by atoms with Gasteiger partial charge in [-0.2, -0.15) is 0 Å². The summed E-state index contributed by atoms with van der Waals surface area (Å²) in [6, 6.07) is 13.0.